The number of anilines is 3. The minimum absolute atomic E-state index is 0.148. The van der Waals surface area contributed by atoms with Gasteiger partial charge in [0.1, 0.15) is 5.82 Å². The Morgan fingerprint density at radius 1 is 1.08 bits per heavy atom. The number of pyridine rings is 1. The van der Waals surface area contributed by atoms with Crippen molar-refractivity contribution in [2.24, 2.45) is 0 Å². The lowest BCUT2D eigenvalue weighted by atomic mass is 10.3. The zero-order chi connectivity index (χ0) is 17.8. The number of piperazine rings is 1. The van der Waals surface area contributed by atoms with E-state index in [1.54, 1.807) is 28.4 Å². The molecule has 132 valence electrons. The number of nitrogens with one attached hydrogen (secondary N) is 1. The van der Waals surface area contributed by atoms with Gasteiger partial charge >= 0.3 is 6.03 Å². The molecular weight excluding hydrogens is 342 g/mol. The zero-order valence-electron chi connectivity index (χ0n) is 14.2. The third-order valence-electron chi connectivity index (χ3n) is 3.89. The van der Waals surface area contributed by atoms with Crippen LogP contribution in [0, 0.1) is 0 Å². The van der Waals surface area contributed by atoms with Gasteiger partial charge in [0.25, 0.3) is 0 Å². The first kappa shape index (κ1) is 17.2. The van der Waals surface area contributed by atoms with Gasteiger partial charge in [-0.15, -0.1) is 0 Å². The molecule has 1 N–H and O–H groups in total. The third kappa shape index (κ3) is 4.27. The highest BCUT2D eigenvalue weighted by atomic mass is 35.5. The van der Waals surface area contributed by atoms with Gasteiger partial charge in [-0.3, -0.25) is 0 Å². The molecule has 3 heterocycles. The molecule has 0 unspecified atom stereocenters. The minimum atomic E-state index is -0.148. The molecule has 0 aliphatic carbocycles. The zero-order valence-corrected chi connectivity index (χ0v) is 14.9. The van der Waals surface area contributed by atoms with Gasteiger partial charge in [-0.05, 0) is 12.1 Å². The van der Waals surface area contributed by atoms with Crippen LogP contribution in [-0.4, -0.2) is 66.2 Å². The van der Waals surface area contributed by atoms with Crippen LogP contribution in [0.3, 0.4) is 0 Å². The molecule has 1 fully saturated rings. The SMILES string of the molecule is CN(C)c1ncc(NC(=O)N2CCN(c3ccc(Cl)cn3)CC2)cn1. The maximum atomic E-state index is 12.4. The second-order valence-electron chi connectivity index (χ2n) is 5.91. The Hall–Kier alpha value is -2.61. The summed E-state index contributed by atoms with van der Waals surface area (Å²) in [6.45, 7) is 2.68. The highest BCUT2D eigenvalue weighted by Crippen LogP contribution is 2.17. The third-order valence-corrected chi connectivity index (χ3v) is 4.12. The first-order valence-corrected chi connectivity index (χ1v) is 8.32. The summed E-state index contributed by atoms with van der Waals surface area (Å²) in [5.41, 5.74) is 0.581. The molecule has 9 heteroatoms. The van der Waals surface area contributed by atoms with Gasteiger partial charge in [0.15, 0.2) is 0 Å². The summed E-state index contributed by atoms with van der Waals surface area (Å²) in [6, 6.07) is 3.56. The fraction of sp³-hybridized carbons (Fsp3) is 0.375. The van der Waals surface area contributed by atoms with Crippen LogP contribution in [0.25, 0.3) is 0 Å². The molecule has 0 radical (unpaired) electrons. The minimum Gasteiger partial charge on any atom is -0.353 e. The first-order chi connectivity index (χ1) is 12.0. The van der Waals surface area contributed by atoms with Gasteiger partial charge in [0, 0.05) is 46.5 Å². The molecule has 2 amide bonds. The highest BCUT2D eigenvalue weighted by molar-refractivity contribution is 6.30. The number of aromatic nitrogens is 3. The number of hydrogen-bond acceptors (Lipinski definition) is 6. The van der Waals surface area contributed by atoms with Crippen LogP contribution < -0.4 is 15.1 Å². The molecule has 25 heavy (non-hydrogen) atoms. The molecular formula is C16H20ClN7O. The molecule has 1 aliphatic heterocycles. The number of amides is 2. The van der Waals surface area contributed by atoms with Crippen LogP contribution in [0.15, 0.2) is 30.7 Å². The van der Waals surface area contributed by atoms with E-state index in [-0.39, 0.29) is 6.03 Å². The van der Waals surface area contributed by atoms with Crippen LogP contribution in [0.2, 0.25) is 5.02 Å². The van der Waals surface area contributed by atoms with E-state index < -0.39 is 0 Å². The molecule has 0 atom stereocenters. The van der Waals surface area contributed by atoms with E-state index in [9.17, 15) is 4.79 Å². The monoisotopic (exact) mass is 361 g/mol. The van der Waals surface area contributed by atoms with Crippen LogP contribution in [0.5, 0.6) is 0 Å². The van der Waals surface area contributed by atoms with E-state index in [0.717, 1.165) is 18.9 Å². The largest absolute Gasteiger partial charge is 0.353 e. The first-order valence-electron chi connectivity index (χ1n) is 7.95. The van der Waals surface area contributed by atoms with E-state index in [2.05, 4.69) is 25.2 Å². The standard InChI is InChI=1S/C16H20ClN7O/c1-22(2)15-19-10-13(11-20-15)21-16(25)24-7-5-23(6-8-24)14-4-3-12(17)9-18-14/h3-4,9-11H,5-8H2,1-2H3,(H,21,25). The van der Waals surface area contributed by atoms with E-state index in [4.69, 9.17) is 11.6 Å². The molecule has 0 saturated carbocycles. The Bertz CT molecular complexity index is 712. The van der Waals surface area contributed by atoms with Gasteiger partial charge in [0.05, 0.1) is 23.1 Å². The summed E-state index contributed by atoms with van der Waals surface area (Å²) in [5.74, 6) is 1.47. The van der Waals surface area contributed by atoms with Crippen molar-refractivity contribution in [1.29, 1.82) is 0 Å². The molecule has 3 rings (SSSR count). The number of rotatable bonds is 3. The van der Waals surface area contributed by atoms with Gasteiger partial charge in [0.2, 0.25) is 5.95 Å². The van der Waals surface area contributed by atoms with Crippen molar-refractivity contribution in [3.05, 3.63) is 35.7 Å². The number of nitrogens with zero attached hydrogens (tertiary/aromatic N) is 6. The quantitative estimate of drug-likeness (QED) is 0.900. The average molecular weight is 362 g/mol. The van der Waals surface area contributed by atoms with Crippen molar-refractivity contribution in [3.8, 4) is 0 Å². The predicted octanol–water partition coefficient (Wildman–Crippen LogP) is 1.95. The maximum absolute atomic E-state index is 12.4. The van der Waals surface area contributed by atoms with Crippen LogP contribution in [-0.2, 0) is 0 Å². The van der Waals surface area contributed by atoms with Crippen molar-refractivity contribution in [2.45, 2.75) is 0 Å². The number of urea groups is 1. The van der Waals surface area contributed by atoms with Crippen molar-refractivity contribution in [1.82, 2.24) is 19.9 Å². The van der Waals surface area contributed by atoms with Gasteiger partial charge in [-0.2, -0.15) is 0 Å². The summed E-state index contributed by atoms with van der Waals surface area (Å²) in [5, 5.41) is 3.45. The van der Waals surface area contributed by atoms with Gasteiger partial charge in [-0.1, -0.05) is 11.6 Å². The van der Waals surface area contributed by atoms with Gasteiger partial charge < -0.3 is 20.0 Å². The van der Waals surface area contributed by atoms with Crippen LogP contribution >= 0.6 is 11.6 Å². The topological polar surface area (TPSA) is 77.5 Å². The average Bonchev–Trinajstić information content (AvgIpc) is 2.63. The van der Waals surface area contributed by atoms with Gasteiger partial charge in [-0.25, -0.2) is 19.7 Å². The molecule has 0 spiro atoms. The summed E-state index contributed by atoms with van der Waals surface area (Å²) < 4.78 is 0. The summed E-state index contributed by atoms with van der Waals surface area (Å²) in [7, 11) is 3.73. The second-order valence-corrected chi connectivity index (χ2v) is 6.34. The summed E-state index contributed by atoms with van der Waals surface area (Å²) in [4.78, 5) is 30.8. The smallest absolute Gasteiger partial charge is 0.322 e. The Balaban J connectivity index is 1.53. The molecule has 2 aromatic rings. The molecule has 1 aliphatic rings. The lowest BCUT2D eigenvalue weighted by molar-refractivity contribution is 0.208. The number of carbonyl (C=O) groups is 1. The van der Waals surface area contributed by atoms with E-state index in [1.807, 2.05) is 26.2 Å². The van der Waals surface area contributed by atoms with E-state index in [1.165, 1.54) is 0 Å². The lowest BCUT2D eigenvalue weighted by Gasteiger charge is -2.35. The fourth-order valence-corrected chi connectivity index (χ4v) is 2.62. The highest BCUT2D eigenvalue weighted by Gasteiger charge is 2.22. The summed E-state index contributed by atoms with van der Waals surface area (Å²) >= 11 is 5.86. The van der Waals surface area contributed by atoms with Crippen LogP contribution in [0.1, 0.15) is 0 Å². The molecule has 0 aromatic carbocycles. The summed E-state index contributed by atoms with van der Waals surface area (Å²) in [6.07, 6.45) is 4.84. The molecule has 0 bridgehead atoms. The Kier molecular flexibility index (Phi) is 5.18. The second kappa shape index (κ2) is 7.52. The lowest BCUT2D eigenvalue weighted by Crippen LogP contribution is -2.50. The predicted molar refractivity (Wildman–Crippen MR) is 98.4 cm³/mol. The Labute approximate surface area is 151 Å². The number of halogens is 1. The van der Waals surface area contributed by atoms with Crippen molar-refractivity contribution in [2.75, 3.05) is 55.4 Å². The van der Waals surface area contributed by atoms with E-state index >= 15 is 0 Å². The molecule has 2 aromatic heterocycles. The van der Waals surface area contributed by atoms with E-state index in [0.29, 0.717) is 29.7 Å². The fourth-order valence-electron chi connectivity index (χ4n) is 2.51. The number of hydrogen-bond donors (Lipinski definition) is 1. The normalized spacial score (nSPS) is 14.4. The Morgan fingerprint density at radius 3 is 2.32 bits per heavy atom. The van der Waals surface area contributed by atoms with Crippen LogP contribution in [0.4, 0.5) is 22.2 Å². The molecule has 1 saturated heterocycles. The number of carbonyl (C=O) groups excluding carboxylic acids is 1. The van der Waals surface area contributed by atoms with Crippen molar-refractivity contribution < 1.29 is 4.79 Å². The molecule has 8 nitrogen and oxygen atoms in total. The maximum Gasteiger partial charge on any atom is 0.322 e. The Morgan fingerprint density at radius 2 is 1.76 bits per heavy atom. The van der Waals surface area contributed by atoms with Crippen molar-refractivity contribution >= 4 is 35.1 Å². The van der Waals surface area contributed by atoms with Crippen molar-refractivity contribution in [3.63, 3.8) is 0 Å².